The van der Waals surface area contributed by atoms with Crippen molar-refractivity contribution >= 4 is 19.0 Å². The van der Waals surface area contributed by atoms with Crippen LogP contribution in [0, 0.1) is 10.1 Å². The van der Waals surface area contributed by atoms with Gasteiger partial charge in [0.15, 0.2) is 0 Å². The van der Waals surface area contributed by atoms with Gasteiger partial charge in [-0.15, -0.1) is 5.10 Å². The lowest BCUT2D eigenvalue weighted by Gasteiger charge is -2.37. The average molecular weight is 463 g/mol. The standard InChI is InChI=1S/C26H31N4O2P/c31-30(32)22-18-16-20(17-19-22)25-26(27-28-29(25)21-10-4-1-5-11-21)33(23-12-6-2-7-13-23)24-14-8-3-9-15-24/h1,4-5,10-11,16-19,23-24H,2-3,6-9,12-15H2. The van der Waals surface area contributed by atoms with Crippen LogP contribution in [0.25, 0.3) is 16.9 Å². The Morgan fingerprint density at radius 1 is 0.818 bits per heavy atom. The molecule has 3 aromatic rings. The van der Waals surface area contributed by atoms with E-state index in [2.05, 4.69) is 17.3 Å². The summed E-state index contributed by atoms with van der Waals surface area (Å²) in [6.45, 7) is 0. The highest BCUT2D eigenvalue weighted by atomic mass is 31.1. The second-order valence-corrected chi connectivity index (χ2v) is 12.0. The highest BCUT2D eigenvalue weighted by Crippen LogP contribution is 2.55. The minimum absolute atomic E-state index is 0.112. The molecule has 6 nitrogen and oxygen atoms in total. The summed E-state index contributed by atoms with van der Waals surface area (Å²) in [6.07, 6.45) is 13.1. The van der Waals surface area contributed by atoms with Crippen LogP contribution in [-0.2, 0) is 0 Å². The Bertz CT molecular complexity index is 1050. The Kier molecular flexibility index (Phi) is 6.82. The van der Waals surface area contributed by atoms with Crippen LogP contribution < -0.4 is 5.44 Å². The Morgan fingerprint density at radius 3 is 1.94 bits per heavy atom. The maximum atomic E-state index is 11.3. The van der Waals surface area contributed by atoms with Gasteiger partial charge in [0.1, 0.15) is 11.1 Å². The Morgan fingerprint density at radius 2 is 1.39 bits per heavy atom. The molecule has 1 aromatic heterocycles. The first kappa shape index (κ1) is 22.2. The van der Waals surface area contributed by atoms with E-state index in [-0.39, 0.29) is 10.6 Å². The van der Waals surface area contributed by atoms with E-state index in [1.807, 2.05) is 35.0 Å². The number of non-ortho nitro benzene ring substituents is 1. The van der Waals surface area contributed by atoms with Crippen LogP contribution in [0.15, 0.2) is 54.6 Å². The topological polar surface area (TPSA) is 73.8 Å². The van der Waals surface area contributed by atoms with Gasteiger partial charge in [0.2, 0.25) is 0 Å². The molecule has 2 aromatic carbocycles. The normalized spacial score (nSPS) is 18.0. The lowest BCUT2D eigenvalue weighted by atomic mass is 9.99. The number of nitro groups is 1. The molecule has 0 bridgehead atoms. The Balaban J connectivity index is 1.64. The molecule has 0 spiro atoms. The van der Waals surface area contributed by atoms with Gasteiger partial charge in [-0.3, -0.25) is 10.1 Å². The fourth-order valence-corrected chi connectivity index (χ4v) is 9.30. The summed E-state index contributed by atoms with van der Waals surface area (Å²) in [7, 11) is -0.454. The zero-order valence-electron chi connectivity index (χ0n) is 19.0. The van der Waals surface area contributed by atoms with E-state index in [1.165, 1.54) is 64.2 Å². The van der Waals surface area contributed by atoms with Gasteiger partial charge >= 0.3 is 0 Å². The molecule has 2 aliphatic carbocycles. The summed E-state index contributed by atoms with van der Waals surface area (Å²) in [5, 5.41) is 20.8. The van der Waals surface area contributed by atoms with Gasteiger partial charge in [-0.05, 0) is 69.2 Å². The summed E-state index contributed by atoms with van der Waals surface area (Å²) < 4.78 is 1.96. The molecular formula is C26H31N4O2P. The van der Waals surface area contributed by atoms with Gasteiger partial charge in [0, 0.05) is 17.7 Å². The quantitative estimate of drug-likeness (QED) is 0.235. The van der Waals surface area contributed by atoms with Crippen molar-refractivity contribution in [2.45, 2.75) is 75.5 Å². The molecule has 0 amide bonds. The molecule has 7 heteroatoms. The van der Waals surface area contributed by atoms with Gasteiger partial charge in [0.25, 0.3) is 5.69 Å². The van der Waals surface area contributed by atoms with E-state index in [9.17, 15) is 10.1 Å². The van der Waals surface area contributed by atoms with Crippen molar-refractivity contribution in [1.82, 2.24) is 15.0 Å². The molecule has 0 aliphatic heterocycles. The Labute approximate surface area is 196 Å². The number of nitrogens with zero attached hydrogens (tertiary/aromatic N) is 4. The third-order valence-electron chi connectivity index (χ3n) is 7.19. The van der Waals surface area contributed by atoms with Crippen molar-refractivity contribution < 1.29 is 4.92 Å². The summed E-state index contributed by atoms with van der Waals surface area (Å²) in [6, 6.07) is 17.1. The molecular weight excluding hydrogens is 431 g/mol. The number of aromatic nitrogens is 3. The zero-order chi connectivity index (χ0) is 22.6. The maximum Gasteiger partial charge on any atom is 0.269 e. The largest absolute Gasteiger partial charge is 0.269 e. The minimum Gasteiger partial charge on any atom is -0.258 e. The zero-order valence-corrected chi connectivity index (χ0v) is 19.9. The number of nitro benzene ring substituents is 1. The molecule has 2 aliphatic rings. The van der Waals surface area contributed by atoms with Crippen molar-refractivity contribution in [2.75, 3.05) is 0 Å². The minimum atomic E-state index is -0.454. The van der Waals surface area contributed by atoms with Gasteiger partial charge < -0.3 is 0 Å². The lowest BCUT2D eigenvalue weighted by Crippen LogP contribution is -2.28. The first-order valence-corrected chi connectivity index (χ1v) is 13.7. The molecule has 2 saturated carbocycles. The number of rotatable bonds is 6. The van der Waals surface area contributed by atoms with Crippen molar-refractivity contribution in [3.8, 4) is 16.9 Å². The van der Waals surface area contributed by atoms with Gasteiger partial charge in [-0.1, -0.05) is 61.9 Å². The molecule has 0 atom stereocenters. The van der Waals surface area contributed by atoms with E-state index < -0.39 is 7.92 Å². The number of hydrogen-bond donors (Lipinski definition) is 0. The maximum absolute atomic E-state index is 11.3. The van der Waals surface area contributed by atoms with Crippen LogP contribution in [0.5, 0.6) is 0 Å². The van der Waals surface area contributed by atoms with E-state index in [0.29, 0.717) is 11.3 Å². The summed E-state index contributed by atoms with van der Waals surface area (Å²) in [4.78, 5) is 10.9. The van der Waals surface area contributed by atoms with Crippen molar-refractivity contribution in [3.63, 3.8) is 0 Å². The van der Waals surface area contributed by atoms with E-state index >= 15 is 0 Å². The van der Waals surface area contributed by atoms with E-state index in [4.69, 9.17) is 5.10 Å². The fraction of sp³-hybridized carbons (Fsp3) is 0.462. The molecule has 2 fully saturated rings. The summed E-state index contributed by atoms with van der Waals surface area (Å²) in [5.74, 6) is 0. The predicted molar refractivity (Wildman–Crippen MR) is 134 cm³/mol. The van der Waals surface area contributed by atoms with Gasteiger partial charge in [-0.2, -0.15) is 0 Å². The van der Waals surface area contributed by atoms with Crippen molar-refractivity contribution in [1.29, 1.82) is 0 Å². The summed E-state index contributed by atoms with van der Waals surface area (Å²) in [5.41, 5.74) is 5.64. The van der Waals surface area contributed by atoms with Crippen molar-refractivity contribution in [2.24, 2.45) is 0 Å². The average Bonchev–Trinajstić information content (AvgIpc) is 3.31. The molecule has 33 heavy (non-hydrogen) atoms. The highest BCUT2D eigenvalue weighted by molar-refractivity contribution is 7.67. The third kappa shape index (κ3) is 4.72. The first-order valence-electron chi connectivity index (χ1n) is 12.3. The van der Waals surface area contributed by atoms with Crippen LogP contribution in [0.2, 0.25) is 0 Å². The van der Waals surface area contributed by atoms with Crippen LogP contribution in [0.1, 0.15) is 64.2 Å². The van der Waals surface area contributed by atoms with Crippen LogP contribution in [-0.4, -0.2) is 31.2 Å². The van der Waals surface area contributed by atoms with Gasteiger partial charge in [0.05, 0.1) is 10.6 Å². The number of hydrogen-bond acceptors (Lipinski definition) is 4. The van der Waals surface area contributed by atoms with Crippen LogP contribution in [0.4, 0.5) is 5.69 Å². The first-order chi connectivity index (χ1) is 16.2. The van der Waals surface area contributed by atoms with Crippen molar-refractivity contribution in [3.05, 3.63) is 64.7 Å². The third-order valence-corrected chi connectivity index (χ3v) is 10.6. The van der Waals surface area contributed by atoms with E-state index in [0.717, 1.165) is 22.4 Å². The number of benzene rings is 2. The fourth-order valence-electron chi connectivity index (χ4n) is 5.55. The lowest BCUT2D eigenvalue weighted by molar-refractivity contribution is -0.384. The molecule has 172 valence electrons. The van der Waals surface area contributed by atoms with Crippen LogP contribution >= 0.6 is 7.92 Å². The molecule has 1 heterocycles. The summed E-state index contributed by atoms with van der Waals surface area (Å²) >= 11 is 0. The molecule has 0 unspecified atom stereocenters. The van der Waals surface area contributed by atoms with Crippen LogP contribution in [0.3, 0.4) is 0 Å². The molecule has 0 radical (unpaired) electrons. The molecule has 5 rings (SSSR count). The molecule has 0 saturated heterocycles. The Hall–Kier alpha value is -2.59. The molecule has 0 N–H and O–H groups in total. The van der Waals surface area contributed by atoms with Gasteiger partial charge in [-0.25, -0.2) is 4.68 Å². The van der Waals surface area contributed by atoms with E-state index in [1.54, 1.807) is 12.1 Å². The second kappa shape index (κ2) is 10.1. The highest BCUT2D eigenvalue weighted by Gasteiger charge is 2.36. The second-order valence-electron chi connectivity index (χ2n) is 9.30. The number of para-hydroxylation sites is 1. The smallest absolute Gasteiger partial charge is 0.258 e. The predicted octanol–water partition coefficient (Wildman–Crippen LogP) is 6.62. The SMILES string of the molecule is O=[N+]([O-])c1ccc(-c2c(P(C3CCCCC3)C3CCCCC3)nnn2-c2ccccc2)cc1. The monoisotopic (exact) mass is 462 g/mol.